The Morgan fingerprint density at radius 1 is 1.27 bits per heavy atom. The van der Waals surface area contributed by atoms with Crippen LogP contribution < -0.4 is 15.4 Å². The zero-order valence-corrected chi connectivity index (χ0v) is 17.0. The first-order valence-corrected chi connectivity index (χ1v) is 10.7. The second kappa shape index (κ2) is 10.2. The predicted octanol–water partition coefficient (Wildman–Crippen LogP) is 1.79. The second-order valence-electron chi connectivity index (χ2n) is 6.65. The highest BCUT2D eigenvalue weighted by Crippen LogP contribution is 2.29. The van der Waals surface area contributed by atoms with Crippen LogP contribution in [0.15, 0.2) is 29.2 Å². The van der Waals surface area contributed by atoms with Crippen molar-refractivity contribution in [2.45, 2.75) is 36.2 Å². The zero-order valence-electron chi connectivity index (χ0n) is 14.6. The fourth-order valence-electron chi connectivity index (χ4n) is 3.74. The first-order valence-electron chi connectivity index (χ1n) is 8.86. The summed E-state index contributed by atoms with van der Waals surface area (Å²) in [5, 5.41) is 7.47. The summed E-state index contributed by atoms with van der Waals surface area (Å²) < 4.78 is 32.7. The van der Waals surface area contributed by atoms with E-state index in [9.17, 15) is 8.42 Å². The average Bonchev–Trinajstić information content (AvgIpc) is 3.08. The van der Waals surface area contributed by atoms with E-state index in [0.29, 0.717) is 36.1 Å². The molecule has 2 aliphatic rings. The van der Waals surface area contributed by atoms with E-state index in [1.165, 1.54) is 18.9 Å². The molecule has 9 heteroatoms. The monoisotopic (exact) mass is 423 g/mol. The largest absolute Gasteiger partial charge is 0.379 e. The van der Waals surface area contributed by atoms with E-state index >= 15 is 0 Å². The Labute approximate surface area is 166 Å². The lowest BCUT2D eigenvalue weighted by atomic mass is 9.94. The van der Waals surface area contributed by atoms with Crippen molar-refractivity contribution in [3.8, 4) is 0 Å². The third kappa shape index (κ3) is 5.79. The highest BCUT2D eigenvalue weighted by Gasteiger charge is 2.34. The molecule has 3 N–H and O–H groups in total. The third-order valence-electron chi connectivity index (χ3n) is 4.97. The smallest absolute Gasteiger partial charge is 0.240 e. The number of benzene rings is 1. The van der Waals surface area contributed by atoms with Crippen molar-refractivity contribution in [3.05, 3.63) is 29.3 Å². The molecular formula is C17H27Cl2N3O3S. The lowest BCUT2D eigenvalue weighted by Gasteiger charge is -2.33. The highest BCUT2D eigenvalue weighted by atomic mass is 35.5. The lowest BCUT2D eigenvalue weighted by Crippen LogP contribution is -2.51. The summed E-state index contributed by atoms with van der Waals surface area (Å²) in [4.78, 5) is 0.197. The molecular weight excluding hydrogens is 397 g/mol. The van der Waals surface area contributed by atoms with Crippen LogP contribution >= 0.6 is 24.0 Å². The molecule has 6 nitrogen and oxygen atoms in total. The molecule has 148 valence electrons. The number of rotatable bonds is 7. The van der Waals surface area contributed by atoms with Gasteiger partial charge in [0.15, 0.2) is 0 Å². The number of nitrogens with one attached hydrogen (secondary N) is 3. The maximum atomic E-state index is 12.3. The van der Waals surface area contributed by atoms with Crippen molar-refractivity contribution in [1.82, 2.24) is 15.4 Å². The molecule has 0 radical (unpaired) electrons. The summed E-state index contributed by atoms with van der Waals surface area (Å²) in [7, 11) is -3.52. The van der Waals surface area contributed by atoms with Gasteiger partial charge < -0.3 is 15.4 Å². The van der Waals surface area contributed by atoms with Gasteiger partial charge in [-0.1, -0.05) is 24.1 Å². The summed E-state index contributed by atoms with van der Waals surface area (Å²) in [5.74, 6) is 0.546. The molecule has 1 aromatic carbocycles. The Bertz CT molecular complexity index is 669. The normalized spacial score (nSPS) is 26.4. The van der Waals surface area contributed by atoms with Crippen LogP contribution in [0.3, 0.4) is 0 Å². The number of ether oxygens (including phenoxy) is 1. The van der Waals surface area contributed by atoms with Crippen LogP contribution in [0.2, 0.25) is 5.02 Å². The molecule has 1 aliphatic carbocycles. The quantitative estimate of drug-likeness (QED) is 0.582. The molecule has 0 bridgehead atoms. The molecule has 3 atom stereocenters. The Morgan fingerprint density at radius 3 is 2.85 bits per heavy atom. The van der Waals surface area contributed by atoms with Crippen LogP contribution in [0.1, 0.15) is 19.3 Å². The maximum absolute atomic E-state index is 12.3. The van der Waals surface area contributed by atoms with Crippen LogP contribution in [0.4, 0.5) is 0 Å². The maximum Gasteiger partial charge on any atom is 0.240 e. The SMILES string of the molecule is Cl.O=S(=O)(NCCNC1CCCC1C1COCCN1)c1cccc(Cl)c1. The van der Waals surface area contributed by atoms with Crippen molar-refractivity contribution >= 4 is 34.0 Å². The summed E-state index contributed by atoms with van der Waals surface area (Å²) in [6.45, 7) is 3.42. The number of sulfonamides is 1. The van der Waals surface area contributed by atoms with Crippen LogP contribution in [0, 0.1) is 5.92 Å². The Hall–Kier alpha value is -0.410. The van der Waals surface area contributed by atoms with E-state index in [0.717, 1.165) is 26.2 Å². The first kappa shape index (κ1) is 21.9. The first-order chi connectivity index (χ1) is 12.1. The summed E-state index contributed by atoms with van der Waals surface area (Å²) >= 11 is 5.87. The van der Waals surface area contributed by atoms with Crippen LogP contribution in [-0.4, -0.2) is 53.3 Å². The van der Waals surface area contributed by atoms with E-state index in [2.05, 4.69) is 15.4 Å². The van der Waals surface area contributed by atoms with E-state index in [1.54, 1.807) is 18.2 Å². The minimum absolute atomic E-state index is 0. The molecule has 1 aromatic rings. The molecule has 0 spiro atoms. The lowest BCUT2D eigenvalue weighted by molar-refractivity contribution is 0.0526. The number of halogens is 2. The van der Waals surface area contributed by atoms with Gasteiger partial charge in [0.2, 0.25) is 10.0 Å². The topological polar surface area (TPSA) is 79.5 Å². The van der Waals surface area contributed by atoms with Crippen LogP contribution in [0.5, 0.6) is 0 Å². The summed E-state index contributed by atoms with van der Waals surface area (Å²) in [5.41, 5.74) is 0. The summed E-state index contributed by atoms with van der Waals surface area (Å²) in [6.07, 6.45) is 3.52. The van der Waals surface area contributed by atoms with Crippen molar-refractivity contribution in [1.29, 1.82) is 0 Å². The molecule has 3 rings (SSSR count). The third-order valence-corrected chi connectivity index (χ3v) is 6.66. The Kier molecular flexibility index (Phi) is 8.60. The van der Waals surface area contributed by atoms with Gasteiger partial charge in [0, 0.05) is 36.7 Å². The van der Waals surface area contributed by atoms with Gasteiger partial charge in [-0.3, -0.25) is 0 Å². The molecule has 1 saturated carbocycles. The number of morpholine rings is 1. The van der Waals surface area contributed by atoms with E-state index in [1.807, 2.05) is 0 Å². The van der Waals surface area contributed by atoms with Crippen molar-refractivity contribution in [2.75, 3.05) is 32.8 Å². The highest BCUT2D eigenvalue weighted by molar-refractivity contribution is 7.89. The Morgan fingerprint density at radius 2 is 2.12 bits per heavy atom. The molecule has 0 aromatic heterocycles. The predicted molar refractivity (Wildman–Crippen MR) is 106 cm³/mol. The van der Waals surface area contributed by atoms with Crippen LogP contribution in [-0.2, 0) is 14.8 Å². The van der Waals surface area contributed by atoms with Crippen molar-refractivity contribution in [3.63, 3.8) is 0 Å². The average molecular weight is 424 g/mol. The van der Waals surface area contributed by atoms with Crippen molar-refractivity contribution < 1.29 is 13.2 Å². The van der Waals surface area contributed by atoms with Gasteiger partial charge in [-0.25, -0.2) is 13.1 Å². The molecule has 1 aliphatic heterocycles. The van der Waals surface area contributed by atoms with Gasteiger partial charge in [-0.05, 0) is 37.0 Å². The van der Waals surface area contributed by atoms with E-state index < -0.39 is 10.0 Å². The number of hydrogen-bond acceptors (Lipinski definition) is 5. The minimum atomic E-state index is -3.52. The number of hydrogen-bond donors (Lipinski definition) is 3. The fraction of sp³-hybridized carbons (Fsp3) is 0.647. The van der Waals surface area contributed by atoms with Gasteiger partial charge in [0.25, 0.3) is 0 Å². The molecule has 2 fully saturated rings. The van der Waals surface area contributed by atoms with Gasteiger partial charge in [0.1, 0.15) is 0 Å². The van der Waals surface area contributed by atoms with Crippen molar-refractivity contribution in [2.24, 2.45) is 5.92 Å². The van der Waals surface area contributed by atoms with Gasteiger partial charge >= 0.3 is 0 Å². The molecule has 0 amide bonds. The summed E-state index contributed by atoms with van der Waals surface area (Å²) in [6, 6.07) is 7.11. The molecule has 1 heterocycles. The molecule has 1 saturated heterocycles. The second-order valence-corrected chi connectivity index (χ2v) is 8.85. The minimum Gasteiger partial charge on any atom is -0.379 e. The zero-order chi connectivity index (χ0) is 17.7. The Balaban J connectivity index is 0.00000243. The van der Waals surface area contributed by atoms with Gasteiger partial charge in [0.05, 0.1) is 18.1 Å². The molecule has 3 unspecified atom stereocenters. The van der Waals surface area contributed by atoms with Gasteiger partial charge in [-0.15, -0.1) is 12.4 Å². The van der Waals surface area contributed by atoms with Crippen LogP contribution in [0.25, 0.3) is 0 Å². The van der Waals surface area contributed by atoms with Gasteiger partial charge in [-0.2, -0.15) is 0 Å². The van der Waals surface area contributed by atoms with E-state index in [4.69, 9.17) is 16.3 Å². The fourth-order valence-corrected chi connectivity index (χ4v) is 5.08. The van der Waals surface area contributed by atoms with E-state index in [-0.39, 0.29) is 17.3 Å². The standard InChI is InChI=1S/C17H26ClN3O3S.ClH/c18-13-3-1-4-14(11-13)25(22,23)21-8-7-19-16-6-2-5-15(16)17-12-24-10-9-20-17;/h1,3-4,11,15-17,19-21H,2,5-10,12H2;1H. The molecule has 26 heavy (non-hydrogen) atoms.